The summed E-state index contributed by atoms with van der Waals surface area (Å²) in [6.07, 6.45) is 0. The lowest BCUT2D eigenvalue weighted by Gasteiger charge is -2.05. The number of amides is 1. The van der Waals surface area contributed by atoms with Crippen LogP contribution in [0.2, 0.25) is 0 Å². The van der Waals surface area contributed by atoms with Crippen LogP contribution in [0.4, 0.5) is 11.4 Å². The van der Waals surface area contributed by atoms with Gasteiger partial charge in [-0.1, -0.05) is 30.0 Å². The first kappa shape index (κ1) is 16.0. The maximum atomic E-state index is 12.0. The average molecular weight is 342 g/mol. The van der Waals surface area contributed by atoms with Crippen molar-refractivity contribution in [3.05, 3.63) is 58.6 Å². The van der Waals surface area contributed by atoms with Crippen molar-refractivity contribution in [3.8, 4) is 0 Å². The largest absolute Gasteiger partial charge is 0.325 e. The Morgan fingerprint density at radius 3 is 2.75 bits per heavy atom. The highest BCUT2D eigenvalue weighted by Gasteiger charge is 2.14. The Hall–Kier alpha value is -2.87. The van der Waals surface area contributed by atoms with Crippen molar-refractivity contribution in [2.24, 2.45) is 7.05 Å². The summed E-state index contributed by atoms with van der Waals surface area (Å²) in [6, 6.07) is 13.7. The van der Waals surface area contributed by atoms with Gasteiger partial charge in [-0.05, 0) is 18.2 Å². The third kappa shape index (κ3) is 3.38. The number of rotatable bonds is 5. The second-order valence-corrected chi connectivity index (χ2v) is 6.03. The average Bonchev–Trinajstić information content (AvgIpc) is 2.89. The fraction of sp³-hybridized carbons (Fsp3) is 0.125. The van der Waals surface area contributed by atoms with Crippen molar-refractivity contribution in [2.75, 3.05) is 11.1 Å². The van der Waals surface area contributed by atoms with Crippen molar-refractivity contribution in [3.63, 3.8) is 0 Å². The lowest BCUT2D eigenvalue weighted by atomic mass is 10.3. The monoisotopic (exact) mass is 342 g/mol. The Kier molecular flexibility index (Phi) is 4.48. The van der Waals surface area contributed by atoms with Crippen molar-refractivity contribution in [1.82, 2.24) is 9.55 Å². The Bertz CT molecular complexity index is 908. The van der Waals surface area contributed by atoms with E-state index in [0.717, 1.165) is 11.2 Å². The number of imidazole rings is 1. The maximum Gasteiger partial charge on any atom is 0.271 e. The summed E-state index contributed by atoms with van der Waals surface area (Å²) in [5, 5.41) is 14.3. The number of para-hydroxylation sites is 1. The number of anilines is 1. The summed E-state index contributed by atoms with van der Waals surface area (Å²) in [6.45, 7) is 0. The lowest BCUT2D eigenvalue weighted by Crippen LogP contribution is -2.14. The number of hydrogen-bond donors (Lipinski definition) is 1. The van der Waals surface area contributed by atoms with Crippen molar-refractivity contribution in [2.45, 2.75) is 5.16 Å². The predicted molar refractivity (Wildman–Crippen MR) is 93.2 cm³/mol. The van der Waals surface area contributed by atoms with Gasteiger partial charge in [0.25, 0.3) is 5.69 Å². The Morgan fingerprint density at radius 2 is 2.04 bits per heavy atom. The molecule has 1 N–H and O–H groups in total. The summed E-state index contributed by atoms with van der Waals surface area (Å²) in [7, 11) is 1.82. The number of nitrogens with one attached hydrogen (secondary N) is 1. The first-order valence-electron chi connectivity index (χ1n) is 7.13. The van der Waals surface area contributed by atoms with E-state index in [-0.39, 0.29) is 17.3 Å². The molecule has 2 aromatic carbocycles. The molecular formula is C16H14N4O3S. The minimum atomic E-state index is -0.450. The van der Waals surface area contributed by atoms with Crippen LogP contribution in [0.1, 0.15) is 0 Å². The molecule has 0 fully saturated rings. The number of non-ortho nitro benzene ring substituents is 1. The number of carbonyl (C=O) groups excluding carboxylic acids is 1. The molecule has 7 nitrogen and oxygen atoms in total. The van der Waals surface area contributed by atoms with Gasteiger partial charge in [0, 0.05) is 24.9 Å². The van der Waals surface area contributed by atoms with Crippen LogP contribution in [0.5, 0.6) is 0 Å². The normalized spacial score (nSPS) is 10.7. The Labute approximate surface area is 141 Å². The van der Waals surface area contributed by atoms with Gasteiger partial charge >= 0.3 is 0 Å². The number of carbonyl (C=O) groups is 1. The number of fused-ring (bicyclic) bond motifs is 1. The molecule has 3 aromatic rings. The van der Waals surface area contributed by atoms with E-state index in [1.807, 2.05) is 41.9 Å². The highest BCUT2D eigenvalue weighted by atomic mass is 32.2. The fourth-order valence-electron chi connectivity index (χ4n) is 2.26. The number of aryl methyl sites for hydroxylation is 1. The molecule has 0 aliphatic heterocycles. The zero-order valence-corrected chi connectivity index (χ0v) is 13.6. The van der Waals surface area contributed by atoms with Gasteiger partial charge in [-0.3, -0.25) is 14.9 Å². The number of aromatic nitrogens is 2. The number of hydrogen-bond acceptors (Lipinski definition) is 5. The zero-order chi connectivity index (χ0) is 17.1. The van der Waals surface area contributed by atoms with E-state index in [0.29, 0.717) is 10.7 Å². The van der Waals surface area contributed by atoms with Crippen molar-refractivity contribution in [1.29, 1.82) is 0 Å². The van der Waals surface area contributed by atoms with Gasteiger partial charge in [0.05, 0.1) is 21.7 Å². The van der Waals surface area contributed by atoms with Crippen LogP contribution in [0, 0.1) is 10.1 Å². The molecule has 0 bridgehead atoms. The summed E-state index contributed by atoms with van der Waals surface area (Å²) < 4.78 is 1.82. The predicted octanol–water partition coefficient (Wildman–Crippen LogP) is 3.21. The standard InChI is InChI=1S/C16H14N4O3S/c1-19-14-8-7-12(20(22)23)9-13(14)18-16(19)24-10-15(21)17-11-5-3-2-4-6-11/h2-9H,10H2,1H3,(H,17,21). The van der Waals surface area contributed by atoms with Crippen molar-refractivity contribution >= 4 is 40.1 Å². The Morgan fingerprint density at radius 1 is 1.29 bits per heavy atom. The molecule has 122 valence electrons. The summed E-state index contributed by atoms with van der Waals surface area (Å²) in [5.74, 6) is 0.0676. The van der Waals surface area contributed by atoms with Gasteiger partial charge in [-0.2, -0.15) is 0 Å². The lowest BCUT2D eigenvalue weighted by molar-refractivity contribution is -0.384. The molecule has 1 heterocycles. The first-order chi connectivity index (χ1) is 11.5. The number of nitro benzene ring substituents is 1. The van der Waals surface area contributed by atoms with E-state index < -0.39 is 4.92 Å². The third-order valence-corrected chi connectivity index (χ3v) is 4.45. The van der Waals surface area contributed by atoms with Gasteiger partial charge in [0.15, 0.2) is 5.16 Å². The van der Waals surface area contributed by atoms with Crippen LogP contribution in [0.3, 0.4) is 0 Å². The van der Waals surface area contributed by atoms with Crippen molar-refractivity contribution < 1.29 is 9.72 Å². The number of nitrogens with zero attached hydrogens (tertiary/aromatic N) is 3. The smallest absolute Gasteiger partial charge is 0.271 e. The fourth-order valence-corrected chi connectivity index (χ4v) is 3.04. The minimum Gasteiger partial charge on any atom is -0.325 e. The molecule has 3 rings (SSSR count). The van der Waals surface area contributed by atoms with Gasteiger partial charge < -0.3 is 9.88 Å². The number of thioether (sulfide) groups is 1. The van der Waals surface area contributed by atoms with Crippen LogP contribution in [-0.4, -0.2) is 26.1 Å². The first-order valence-corrected chi connectivity index (χ1v) is 8.12. The zero-order valence-electron chi connectivity index (χ0n) is 12.8. The van der Waals surface area contributed by atoms with E-state index in [4.69, 9.17) is 0 Å². The van der Waals surface area contributed by atoms with E-state index in [2.05, 4.69) is 10.3 Å². The van der Waals surface area contributed by atoms with Crippen LogP contribution < -0.4 is 5.32 Å². The van der Waals surface area contributed by atoms with Gasteiger partial charge in [0.2, 0.25) is 5.91 Å². The van der Waals surface area contributed by atoms with E-state index in [9.17, 15) is 14.9 Å². The molecule has 0 radical (unpaired) electrons. The molecule has 0 atom stereocenters. The van der Waals surface area contributed by atoms with Gasteiger partial charge in [0.1, 0.15) is 0 Å². The second-order valence-electron chi connectivity index (χ2n) is 5.09. The van der Waals surface area contributed by atoms with Crippen LogP contribution in [0.15, 0.2) is 53.7 Å². The van der Waals surface area contributed by atoms with E-state index >= 15 is 0 Å². The highest BCUT2D eigenvalue weighted by molar-refractivity contribution is 7.99. The van der Waals surface area contributed by atoms with Gasteiger partial charge in [-0.25, -0.2) is 4.98 Å². The molecule has 1 aromatic heterocycles. The molecule has 0 saturated heterocycles. The number of benzene rings is 2. The topological polar surface area (TPSA) is 90.1 Å². The summed E-state index contributed by atoms with van der Waals surface area (Å²) in [4.78, 5) is 26.8. The Balaban J connectivity index is 1.72. The molecule has 0 saturated carbocycles. The molecular weight excluding hydrogens is 328 g/mol. The van der Waals surface area contributed by atoms with Crippen LogP contribution >= 0.6 is 11.8 Å². The summed E-state index contributed by atoms with van der Waals surface area (Å²) in [5.41, 5.74) is 2.06. The SMILES string of the molecule is Cn1c(SCC(=O)Nc2ccccc2)nc2cc([N+](=O)[O-])ccc21. The van der Waals surface area contributed by atoms with Crippen LogP contribution in [-0.2, 0) is 11.8 Å². The molecule has 0 unspecified atom stereocenters. The number of nitro groups is 1. The van der Waals surface area contributed by atoms with Gasteiger partial charge in [-0.15, -0.1) is 0 Å². The second kappa shape index (κ2) is 6.71. The molecule has 24 heavy (non-hydrogen) atoms. The maximum absolute atomic E-state index is 12.0. The van der Waals surface area contributed by atoms with E-state index in [1.165, 1.54) is 23.9 Å². The quantitative estimate of drug-likeness (QED) is 0.437. The summed E-state index contributed by atoms with van der Waals surface area (Å²) >= 11 is 1.28. The molecule has 0 spiro atoms. The van der Waals surface area contributed by atoms with E-state index in [1.54, 1.807) is 6.07 Å². The van der Waals surface area contributed by atoms with Crippen LogP contribution in [0.25, 0.3) is 11.0 Å². The molecule has 1 amide bonds. The minimum absolute atomic E-state index is 0.000953. The molecule has 0 aliphatic rings. The molecule has 0 aliphatic carbocycles. The highest BCUT2D eigenvalue weighted by Crippen LogP contribution is 2.26. The third-order valence-electron chi connectivity index (χ3n) is 3.42. The molecule has 8 heteroatoms.